The third kappa shape index (κ3) is 18.8. The van der Waals surface area contributed by atoms with Crippen LogP contribution in [0.15, 0.2) is 16.2 Å². The van der Waals surface area contributed by atoms with Gasteiger partial charge in [-0.2, -0.15) is 0 Å². The molecule has 22 atom stereocenters. The number of nitro groups is 1. The lowest BCUT2D eigenvalue weighted by Gasteiger charge is -2.45. The van der Waals surface area contributed by atoms with E-state index in [1.165, 1.54) is 49.0 Å². The number of alkyl carbamates (subject to hydrolysis) is 1. The first kappa shape index (κ1) is 74.2. The fraction of sp³-hybridized carbons (Fsp3) is 0.862. The van der Waals surface area contributed by atoms with Crippen LogP contribution in [0.1, 0.15) is 130 Å². The van der Waals surface area contributed by atoms with Gasteiger partial charge in [-0.15, -0.1) is 5.10 Å². The number of aliphatic hydroxyl groups is 2. The summed E-state index contributed by atoms with van der Waals surface area (Å²) in [5.74, 6) is -9.46. The summed E-state index contributed by atoms with van der Waals surface area (Å²) in [6, 6.07) is -0.0551. The Labute approximate surface area is 517 Å². The van der Waals surface area contributed by atoms with Crippen LogP contribution in [0, 0.1) is 51.5 Å². The summed E-state index contributed by atoms with van der Waals surface area (Å²) in [5, 5.41) is 46.7. The molecule has 0 saturated carbocycles. The van der Waals surface area contributed by atoms with Gasteiger partial charge in [0.1, 0.15) is 43.7 Å². The highest BCUT2D eigenvalue weighted by atomic mass is 32.2. The lowest BCUT2D eigenvalue weighted by molar-refractivity contribution is -0.392. The van der Waals surface area contributed by atoms with Gasteiger partial charge in [-0.3, -0.25) is 14.4 Å². The third-order valence-electron chi connectivity index (χ3n) is 17.1. The number of oxime groups is 1. The molecular weight excluding hydrogens is 1180 g/mol. The maximum atomic E-state index is 16.0. The number of Topliss-reactive ketones (excluding diaryl/α,β-unsaturated/α-hetero) is 1. The van der Waals surface area contributed by atoms with Gasteiger partial charge in [0.05, 0.1) is 66.4 Å². The van der Waals surface area contributed by atoms with Crippen LogP contribution < -0.4 is 10.0 Å². The Hall–Kier alpha value is -4.57. The first-order chi connectivity index (χ1) is 41.0. The van der Waals surface area contributed by atoms with Gasteiger partial charge in [-0.05, 0) is 85.6 Å². The number of aromatic nitrogens is 2. The Morgan fingerprint density at radius 2 is 1.58 bits per heavy atom. The van der Waals surface area contributed by atoms with Crippen LogP contribution in [0.3, 0.4) is 0 Å². The molecule has 1 aromatic heterocycles. The smallest absolute Gasteiger partial charge is 0.408 e. The summed E-state index contributed by atoms with van der Waals surface area (Å²) in [6.07, 6.45) is -14.7. The average molecular weight is 1280 g/mol. The largest absolute Gasteiger partial charge is 0.461 e. The van der Waals surface area contributed by atoms with Crippen molar-refractivity contribution in [3.05, 3.63) is 16.3 Å². The molecule has 5 heterocycles. The minimum absolute atomic E-state index is 0.0551. The average Bonchev–Trinajstić information content (AvgIpc) is 1.33. The molecule has 0 bridgehead atoms. The number of methoxy groups -OCH3 is 2. The predicted molar refractivity (Wildman–Crippen MR) is 314 cm³/mol. The summed E-state index contributed by atoms with van der Waals surface area (Å²) in [5.41, 5.74) is -3.51. The number of ether oxygens (including phenoxy) is 11. The van der Waals surface area contributed by atoms with Gasteiger partial charge in [-0.1, -0.05) is 58.7 Å². The number of carbonyl (C=O) groups is 4. The first-order valence-corrected chi connectivity index (χ1v) is 31.7. The Morgan fingerprint density at radius 3 is 2.19 bits per heavy atom. The lowest BCUT2D eigenvalue weighted by Crippen LogP contribution is -2.59. The van der Waals surface area contributed by atoms with Crippen molar-refractivity contribution in [2.24, 2.45) is 46.6 Å². The van der Waals surface area contributed by atoms with Crippen LogP contribution in [0.25, 0.3) is 0 Å². The van der Waals surface area contributed by atoms with Crippen molar-refractivity contribution in [2.75, 3.05) is 48.1 Å². The summed E-state index contributed by atoms with van der Waals surface area (Å²) < 4.78 is 99.3. The molecule has 0 aliphatic carbocycles. The van der Waals surface area contributed by atoms with Gasteiger partial charge < -0.3 is 87.5 Å². The summed E-state index contributed by atoms with van der Waals surface area (Å²) >= 11 is 0. The van der Waals surface area contributed by atoms with Crippen molar-refractivity contribution in [3.8, 4) is 0 Å². The van der Waals surface area contributed by atoms with Crippen LogP contribution in [0.5, 0.6) is 0 Å². The number of carbonyl (C=O) groups excluding carboxylic acids is 4. The highest BCUT2D eigenvalue weighted by Crippen LogP contribution is 2.41. The maximum absolute atomic E-state index is 16.0. The number of esters is 2. The van der Waals surface area contributed by atoms with E-state index in [1.807, 2.05) is 39.8 Å². The van der Waals surface area contributed by atoms with E-state index in [1.54, 1.807) is 48.5 Å². The van der Waals surface area contributed by atoms with Crippen molar-refractivity contribution in [2.45, 2.75) is 238 Å². The number of aliphatic hydroxyl groups excluding tert-OH is 2. The lowest BCUT2D eigenvalue weighted by atomic mass is 9.74. The van der Waals surface area contributed by atoms with Gasteiger partial charge in [0.2, 0.25) is 0 Å². The number of aromatic amines is 1. The number of ketones is 1. The molecule has 4 fully saturated rings. The van der Waals surface area contributed by atoms with E-state index in [4.69, 9.17) is 56.9 Å². The SMILES string of the molecule is CO/N=C1\C[C@@H](C)O[C@@H](O[C@@H]2[C@@H](C)[C@H](O[C@H]3CC(C)N(C)C[C@H](C)O3)[C@@H](C)C(=O)O[C@H](C(C)CO[C@@H]3O[C@H](C)[C@@H](O)[C@@H](OC)[C@H]3OC)[C@H](C)[C@@H](OC(=O)CC(C)C)[C@@H](C)C(=O)[C@@](C)(OC(=O)NC(C)(C)CNS(=O)(=O)c3cn[nH]c3[N+](=O)[O-])C[C@@H]2C)[C@@H]1O. The Bertz CT molecular complexity index is 2630. The van der Waals surface area contributed by atoms with Crippen LogP contribution in [-0.4, -0.2) is 219 Å². The summed E-state index contributed by atoms with van der Waals surface area (Å²) in [7, 11) is 1.55. The van der Waals surface area contributed by atoms with Crippen LogP contribution in [0.4, 0.5) is 10.6 Å². The second-order valence-electron chi connectivity index (χ2n) is 25.8. The van der Waals surface area contributed by atoms with Crippen LogP contribution in [-0.2, 0) is 81.3 Å². The van der Waals surface area contributed by atoms with E-state index in [0.717, 1.165) is 6.20 Å². The summed E-state index contributed by atoms with van der Waals surface area (Å²) in [6.45, 7) is 25.1. The molecule has 0 aromatic carbocycles. The van der Waals surface area contributed by atoms with Crippen molar-refractivity contribution >= 4 is 45.4 Å². The van der Waals surface area contributed by atoms with Crippen LogP contribution in [0.2, 0.25) is 0 Å². The monoisotopic (exact) mass is 1280 g/mol. The molecule has 0 radical (unpaired) electrons. The number of nitrogens with one attached hydrogen (secondary N) is 3. The molecule has 29 nitrogen and oxygen atoms in total. The fourth-order valence-electron chi connectivity index (χ4n) is 12.3. The second kappa shape index (κ2) is 31.6. The highest BCUT2D eigenvalue weighted by Gasteiger charge is 2.53. The molecule has 4 saturated heterocycles. The predicted octanol–water partition coefficient (Wildman–Crippen LogP) is 4.39. The molecule has 5 rings (SSSR count). The number of nitrogens with zero attached hydrogens (tertiary/aromatic N) is 4. The maximum Gasteiger partial charge on any atom is 0.408 e. The zero-order valence-electron chi connectivity index (χ0n) is 54.5. The first-order valence-electron chi connectivity index (χ1n) is 30.2. The van der Waals surface area contributed by atoms with E-state index in [-0.39, 0.29) is 49.6 Å². The fourth-order valence-corrected chi connectivity index (χ4v) is 13.5. The standard InChI is InChI=1S/C58H99N7O22S/c1-28(2)20-41(66)83-47-35(9)46(30(4)26-79-55-50(77-18)49(76-17)43(67)38(12)82-55)85-53(70)37(11)48(84-42-21-31(5)64(16)25-33(7)80-42)34(8)45(86-54-44(68)39(63-78-19)22-32(6)81-54)29(3)23-58(15,51(69)36(47)10)87-56(71)61-57(13,14)27-60-88(74,75)40-24-59-62-52(40)65(72)73/h24,28-38,42-50,54-55,60,67-68H,20-23,25-27H2,1-19H3,(H,59,62)(H,61,71)/b63-39+/t29-,30?,31?,32+,33-,34+,35-,36+,37+,38+,42-,43+,44+,45-,46+,47+,48-,49+,50+,54-,55+,58-/m0/s1. The van der Waals surface area contributed by atoms with Gasteiger partial charge >= 0.3 is 23.8 Å². The summed E-state index contributed by atoms with van der Waals surface area (Å²) in [4.78, 5) is 77.5. The number of hydrogen-bond acceptors (Lipinski definition) is 25. The van der Waals surface area contributed by atoms with E-state index < -0.39 is 183 Å². The molecule has 0 spiro atoms. The second-order valence-corrected chi connectivity index (χ2v) is 27.6. The molecule has 30 heteroatoms. The number of H-pyrrole nitrogens is 1. The number of hydrogen-bond donors (Lipinski definition) is 5. The molecule has 504 valence electrons. The van der Waals surface area contributed by atoms with Gasteiger partial charge in [0.25, 0.3) is 10.0 Å². The zero-order valence-corrected chi connectivity index (χ0v) is 55.3. The quantitative estimate of drug-likeness (QED) is 0.0493. The van der Waals surface area contributed by atoms with E-state index in [9.17, 15) is 38.3 Å². The third-order valence-corrected chi connectivity index (χ3v) is 18.5. The van der Waals surface area contributed by atoms with Gasteiger partial charge in [-0.25, -0.2) is 17.9 Å². The zero-order chi connectivity index (χ0) is 66.1. The van der Waals surface area contributed by atoms with Crippen molar-refractivity contribution < 1.29 is 99.7 Å². The molecule has 1 amide bonds. The molecule has 88 heavy (non-hydrogen) atoms. The Morgan fingerprint density at radius 1 is 0.920 bits per heavy atom. The highest BCUT2D eigenvalue weighted by molar-refractivity contribution is 7.89. The Kier molecular flexibility index (Phi) is 26.7. The van der Waals surface area contributed by atoms with E-state index in [2.05, 4.69) is 25.2 Å². The van der Waals surface area contributed by atoms with E-state index >= 15 is 9.59 Å². The molecule has 2 unspecified atom stereocenters. The number of sulfonamides is 1. The number of amides is 1. The molecule has 5 N–H and O–H groups in total. The number of cyclic esters (lactones) is 1. The van der Waals surface area contributed by atoms with Crippen molar-refractivity contribution in [3.63, 3.8) is 0 Å². The topological polar surface area (TPSA) is 365 Å². The molecule has 1 aromatic rings. The van der Waals surface area contributed by atoms with Gasteiger partial charge in [0, 0.05) is 70.4 Å². The molecule has 4 aliphatic rings. The minimum atomic E-state index is -4.60. The van der Waals surface area contributed by atoms with Crippen molar-refractivity contribution in [1.82, 2.24) is 25.1 Å². The van der Waals surface area contributed by atoms with Crippen LogP contribution >= 0.6 is 0 Å². The minimum Gasteiger partial charge on any atom is -0.461 e. The Balaban J connectivity index is 1.71. The normalized spacial score (nSPS) is 37.0. The number of likely N-dealkylation sites (N-methyl/N-ethyl adjacent to an activating group) is 1. The molecular formula is C58H99N7O22S. The van der Waals surface area contributed by atoms with E-state index in [0.29, 0.717) is 13.0 Å². The van der Waals surface area contributed by atoms with Gasteiger partial charge in [0.15, 0.2) is 35.1 Å². The molecule has 4 aliphatic heterocycles. The van der Waals surface area contributed by atoms with Crippen molar-refractivity contribution in [1.29, 1.82) is 0 Å². The number of rotatable bonds is 21.